The Bertz CT molecular complexity index is 520. The third-order valence-corrected chi connectivity index (χ3v) is 5.31. The van der Waals surface area contributed by atoms with E-state index in [1.807, 2.05) is 30.6 Å². The quantitative estimate of drug-likeness (QED) is 0.704. The lowest BCUT2D eigenvalue weighted by molar-refractivity contribution is -0.377. The number of benzene rings is 1. The predicted molar refractivity (Wildman–Crippen MR) is 105 cm³/mol. The van der Waals surface area contributed by atoms with E-state index in [-0.39, 0.29) is 17.0 Å². The van der Waals surface area contributed by atoms with Crippen LogP contribution in [0.25, 0.3) is 0 Å². The number of aromatic nitrogens is 1. The molecule has 2 aliphatic rings. The molecule has 2 aromatic rings. The molecule has 1 saturated carbocycles. The van der Waals surface area contributed by atoms with Crippen molar-refractivity contribution in [2.24, 2.45) is 0 Å². The molecule has 4 rings (SSSR count). The summed E-state index contributed by atoms with van der Waals surface area (Å²) >= 11 is 0. The van der Waals surface area contributed by atoms with E-state index in [1.54, 1.807) is 5.56 Å². The van der Waals surface area contributed by atoms with Gasteiger partial charge < -0.3 is 0 Å². The van der Waals surface area contributed by atoms with Gasteiger partial charge in [0.15, 0.2) is 12.4 Å². The van der Waals surface area contributed by atoms with E-state index in [9.17, 15) is 0 Å². The summed E-state index contributed by atoms with van der Waals surface area (Å²) in [5.41, 5.74) is 1.96. The Labute approximate surface area is 157 Å². The van der Waals surface area contributed by atoms with Gasteiger partial charge in [0.2, 0.25) is 0 Å². The van der Waals surface area contributed by atoms with Crippen LogP contribution >= 0.6 is 17.0 Å². The average Bonchev–Trinajstić information content (AvgIpc) is 3.20. The molecule has 2 fully saturated rings. The topological polar surface area (TPSA) is 17.4 Å². The molecule has 0 spiro atoms. The summed E-state index contributed by atoms with van der Waals surface area (Å²) in [5.74, 6) is 0. The number of rotatable bonds is 2. The second kappa shape index (κ2) is 9.95. The Morgan fingerprint density at radius 2 is 1.29 bits per heavy atom. The van der Waals surface area contributed by atoms with E-state index >= 15 is 0 Å². The molecule has 24 heavy (non-hydrogen) atoms. The fraction of sp³-hybridized carbons (Fsp3) is 0.476. The highest BCUT2D eigenvalue weighted by Crippen LogP contribution is 2.43. The fourth-order valence-electron chi connectivity index (χ4n) is 4.16. The zero-order chi connectivity index (χ0) is 15.8. The number of aromatic amines is 1. The molecule has 0 bridgehead atoms. The molecule has 3 heteroatoms. The van der Waals surface area contributed by atoms with Crippen LogP contribution in [-0.4, -0.2) is 18.0 Å². The van der Waals surface area contributed by atoms with Gasteiger partial charge in [0.25, 0.3) is 0 Å². The smallest absolute Gasteiger partial charge is 0.166 e. The summed E-state index contributed by atoms with van der Waals surface area (Å²) < 4.78 is 0. The van der Waals surface area contributed by atoms with E-state index in [2.05, 4.69) is 40.2 Å². The summed E-state index contributed by atoms with van der Waals surface area (Å²) in [6.45, 7) is 2.63. The maximum absolute atomic E-state index is 2.89. The van der Waals surface area contributed by atoms with Gasteiger partial charge in [-0.3, -0.25) is 4.90 Å². The van der Waals surface area contributed by atoms with Crippen molar-refractivity contribution in [3.63, 3.8) is 0 Å². The van der Waals surface area contributed by atoms with Crippen molar-refractivity contribution < 1.29 is 4.98 Å². The number of nitrogens with one attached hydrogen (secondary N) is 1. The minimum Gasteiger partial charge on any atom is -0.294 e. The Balaban J connectivity index is 0.000000254. The van der Waals surface area contributed by atoms with Gasteiger partial charge >= 0.3 is 0 Å². The van der Waals surface area contributed by atoms with Crippen molar-refractivity contribution in [2.75, 3.05) is 13.1 Å². The molecule has 2 nitrogen and oxygen atoms in total. The van der Waals surface area contributed by atoms with Crippen molar-refractivity contribution in [2.45, 2.75) is 50.5 Å². The van der Waals surface area contributed by atoms with Crippen LogP contribution in [0.5, 0.6) is 0 Å². The van der Waals surface area contributed by atoms with Gasteiger partial charge in [-0.1, -0.05) is 55.7 Å². The molecule has 130 valence electrons. The van der Waals surface area contributed by atoms with E-state index in [4.69, 9.17) is 0 Å². The highest BCUT2D eigenvalue weighted by atomic mass is 79.9. The van der Waals surface area contributed by atoms with E-state index in [1.165, 1.54) is 58.0 Å². The lowest BCUT2D eigenvalue weighted by Crippen LogP contribution is -2.45. The van der Waals surface area contributed by atoms with Crippen LogP contribution in [0.3, 0.4) is 0 Å². The first-order valence-electron chi connectivity index (χ1n) is 9.13. The maximum atomic E-state index is 2.89. The van der Waals surface area contributed by atoms with Gasteiger partial charge in [-0.05, 0) is 44.3 Å². The van der Waals surface area contributed by atoms with Crippen LogP contribution in [0.15, 0.2) is 60.9 Å². The van der Waals surface area contributed by atoms with Crippen LogP contribution in [0.4, 0.5) is 0 Å². The lowest BCUT2D eigenvalue weighted by Gasteiger charge is -2.45. The largest absolute Gasteiger partial charge is 0.294 e. The standard InChI is InChI=1S/C16H23N.C5H5N.BrH/c1-3-9-15(10-4-1)16(11-5-2-6-12-16)17-13-7-8-14-17;1-2-4-6-5-3-1;/h1,3-4,9-10H,2,5-8,11-14H2;1-5H;1H/p+1. The van der Waals surface area contributed by atoms with Crippen LogP contribution in [0, 0.1) is 0 Å². The van der Waals surface area contributed by atoms with Gasteiger partial charge in [0.05, 0.1) is 0 Å². The number of hydrogen-bond donors (Lipinski definition) is 0. The Morgan fingerprint density at radius 3 is 1.79 bits per heavy atom. The summed E-state index contributed by atoms with van der Waals surface area (Å²) in [5, 5.41) is 0. The number of pyridine rings is 1. The number of hydrogen-bond acceptors (Lipinski definition) is 1. The van der Waals surface area contributed by atoms with Crippen molar-refractivity contribution in [3.8, 4) is 0 Å². The molecule has 0 atom stereocenters. The average molecular weight is 390 g/mol. The third kappa shape index (κ3) is 4.67. The normalized spacial score (nSPS) is 19.7. The summed E-state index contributed by atoms with van der Waals surface area (Å²) in [4.78, 5) is 5.67. The summed E-state index contributed by atoms with van der Waals surface area (Å²) in [6.07, 6.45) is 13.5. The van der Waals surface area contributed by atoms with Crippen LogP contribution in [0.2, 0.25) is 0 Å². The number of H-pyrrole nitrogens is 1. The van der Waals surface area contributed by atoms with Crippen LogP contribution in [0.1, 0.15) is 50.5 Å². The molecular formula is C21H30BrN2+. The second-order valence-electron chi connectivity index (χ2n) is 6.73. The Morgan fingerprint density at radius 1 is 0.708 bits per heavy atom. The van der Waals surface area contributed by atoms with Gasteiger partial charge in [-0.15, -0.1) is 17.0 Å². The number of halogens is 1. The molecule has 1 aromatic heterocycles. The fourth-order valence-corrected chi connectivity index (χ4v) is 4.16. The lowest BCUT2D eigenvalue weighted by atomic mass is 9.75. The molecule has 1 aliphatic carbocycles. The second-order valence-corrected chi connectivity index (χ2v) is 6.73. The minimum atomic E-state index is 0. The van der Waals surface area contributed by atoms with Crippen LogP contribution < -0.4 is 4.98 Å². The Kier molecular flexibility index (Phi) is 7.93. The van der Waals surface area contributed by atoms with Crippen molar-refractivity contribution in [1.82, 2.24) is 4.90 Å². The van der Waals surface area contributed by atoms with E-state index in [0.29, 0.717) is 5.54 Å². The van der Waals surface area contributed by atoms with E-state index in [0.717, 1.165) is 0 Å². The Hall–Kier alpha value is -1.19. The molecule has 0 unspecified atom stereocenters. The van der Waals surface area contributed by atoms with E-state index < -0.39 is 0 Å². The molecule has 1 N–H and O–H groups in total. The van der Waals surface area contributed by atoms with Crippen LogP contribution in [-0.2, 0) is 5.54 Å². The molecule has 0 amide bonds. The molecule has 2 heterocycles. The maximum Gasteiger partial charge on any atom is 0.166 e. The first-order valence-corrected chi connectivity index (χ1v) is 9.13. The minimum absolute atomic E-state index is 0. The first-order chi connectivity index (χ1) is 11.4. The van der Waals surface area contributed by atoms with Gasteiger partial charge in [0, 0.05) is 17.7 Å². The number of likely N-dealkylation sites (tertiary alicyclic amines) is 1. The molecular weight excluding hydrogens is 360 g/mol. The summed E-state index contributed by atoms with van der Waals surface area (Å²) in [7, 11) is 0. The highest BCUT2D eigenvalue weighted by Gasteiger charge is 2.40. The van der Waals surface area contributed by atoms with Gasteiger partial charge in [-0.2, -0.15) is 0 Å². The van der Waals surface area contributed by atoms with Crippen molar-refractivity contribution in [1.29, 1.82) is 0 Å². The van der Waals surface area contributed by atoms with Gasteiger partial charge in [0.1, 0.15) is 0 Å². The van der Waals surface area contributed by atoms with Gasteiger partial charge in [-0.25, -0.2) is 4.98 Å². The molecule has 1 saturated heterocycles. The zero-order valence-corrected chi connectivity index (χ0v) is 16.2. The molecule has 1 aromatic carbocycles. The zero-order valence-electron chi connectivity index (χ0n) is 14.5. The summed E-state index contributed by atoms with van der Waals surface area (Å²) in [6, 6.07) is 17.1. The SMILES string of the molecule is Br.c1cc[nH+]cc1.c1ccc(C2(N3CCCC3)CCCCC2)cc1. The highest BCUT2D eigenvalue weighted by molar-refractivity contribution is 8.93. The third-order valence-electron chi connectivity index (χ3n) is 5.31. The molecule has 0 radical (unpaired) electrons. The predicted octanol–water partition coefficient (Wildman–Crippen LogP) is 5.02. The number of nitrogens with zero attached hydrogens (tertiary/aromatic N) is 1. The molecule has 1 aliphatic heterocycles. The first kappa shape index (κ1) is 19.1. The van der Waals surface area contributed by atoms with Crippen molar-refractivity contribution in [3.05, 3.63) is 66.5 Å². The monoisotopic (exact) mass is 389 g/mol. The van der Waals surface area contributed by atoms with Crippen molar-refractivity contribution >= 4 is 17.0 Å².